The van der Waals surface area contributed by atoms with Gasteiger partial charge in [0.05, 0.1) is 11.8 Å². The van der Waals surface area contributed by atoms with Crippen molar-refractivity contribution >= 4 is 35.0 Å². The van der Waals surface area contributed by atoms with E-state index in [-0.39, 0.29) is 23.5 Å². The van der Waals surface area contributed by atoms with Crippen LogP contribution >= 0.6 is 23.2 Å². The number of hydrogen-bond donors (Lipinski definition) is 2. The molecule has 0 aromatic rings. The van der Waals surface area contributed by atoms with E-state index >= 15 is 0 Å². The van der Waals surface area contributed by atoms with Crippen molar-refractivity contribution in [3.05, 3.63) is 0 Å². The average Bonchev–Trinajstić information content (AvgIpc) is 2.15. The summed E-state index contributed by atoms with van der Waals surface area (Å²) in [5.74, 6) is -0.974. The number of carbonyl (C=O) groups excluding carboxylic acids is 1. The lowest BCUT2D eigenvalue weighted by molar-refractivity contribution is -0.139. The number of ketones is 1. The summed E-state index contributed by atoms with van der Waals surface area (Å²) in [5, 5.41) is 8.23. The van der Waals surface area contributed by atoms with Gasteiger partial charge in [0, 0.05) is 0 Å². The van der Waals surface area contributed by atoms with E-state index in [0.717, 1.165) is 0 Å². The van der Waals surface area contributed by atoms with Gasteiger partial charge in [0.2, 0.25) is 0 Å². The van der Waals surface area contributed by atoms with Crippen molar-refractivity contribution in [3.63, 3.8) is 0 Å². The summed E-state index contributed by atoms with van der Waals surface area (Å²) in [5.41, 5.74) is 5.16. The van der Waals surface area contributed by atoms with Gasteiger partial charge < -0.3 is 10.8 Å². The van der Waals surface area contributed by atoms with E-state index in [0.29, 0.717) is 0 Å². The molecule has 0 rings (SSSR count). The molecule has 0 heterocycles. The smallest absolute Gasteiger partial charge is 0.320 e. The lowest BCUT2D eigenvalue weighted by Gasteiger charge is -2.07. The molecular weight excluding hydrogens is 229 g/mol. The van der Waals surface area contributed by atoms with Gasteiger partial charge in [0.15, 0.2) is 5.78 Å². The van der Waals surface area contributed by atoms with Crippen LogP contribution in [0.5, 0.6) is 0 Å². The van der Waals surface area contributed by atoms with Crippen LogP contribution in [0.15, 0.2) is 0 Å². The lowest BCUT2D eigenvalue weighted by Crippen LogP contribution is -2.34. The molecule has 0 aliphatic heterocycles. The molecule has 0 radical (unpaired) electrons. The van der Waals surface area contributed by atoms with Gasteiger partial charge in [-0.2, -0.15) is 0 Å². The number of alkyl halides is 2. The number of Topliss-reactive ketones (excluding diaryl/α,β-unsaturated/α-hetero) is 1. The Kier molecular flexibility index (Phi) is 10.6. The second-order valence-corrected chi connectivity index (χ2v) is 3.45. The molecule has 84 valence electrons. The van der Waals surface area contributed by atoms with Crippen molar-refractivity contribution < 1.29 is 14.7 Å². The summed E-state index contributed by atoms with van der Waals surface area (Å²) in [6, 6.07) is -0.713. The highest BCUT2D eigenvalue weighted by Gasteiger charge is 2.14. The number of hydrogen-bond acceptors (Lipinski definition) is 3. The monoisotopic (exact) mass is 243 g/mol. The van der Waals surface area contributed by atoms with Crippen LogP contribution in [0.2, 0.25) is 0 Å². The topological polar surface area (TPSA) is 80.4 Å². The average molecular weight is 244 g/mol. The number of halogens is 2. The fourth-order valence-electron chi connectivity index (χ4n) is 0.321. The fourth-order valence-corrected chi connectivity index (χ4v) is 0.607. The van der Waals surface area contributed by atoms with Gasteiger partial charge in [-0.15, -0.1) is 23.2 Å². The third kappa shape index (κ3) is 9.77. The standard InChI is InChI=1S/C5H11NO2.C3H4Cl2O/c1-3(2)4(6)5(7)8;4-1-3(6)2-5/h3-4H,6H2,1-2H3,(H,7,8);1-2H2. The van der Waals surface area contributed by atoms with Gasteiger partial charge in [-0.1, -0.05) is 13.8 Å². The Bertz CT molecular complexity index is 179. The number of carbonyl (C=O) groups is 2. The van der Waals surface area contributed by atoms with Crippen molar-refractivity contribution in [1.29, 1.82) is 0 Å². The molecule has 3 N–H and O–H groups in total. The molecule has 1 unspecified atom stereocenters. The minimum Gasteiger partial charge on any atom is -0.480 e. The summed E-state index contributed by atoms with van der Waals surface area (Å²) in [6.07, 6.45) is 0. The minimum absolute atomic E-state index is 0.0208. The zero-order valence-corrected chi connectivity index (χ0v) is 9.68. The SMILES string of the molecule is CC(C)C(N)C(=O)O.O=C(CCl)CCl. The molecule has 0 spiro atoms. The van der Waals surface area contributed by atoms with Crippen LogP contribution < -0.4 is 5.73 Å². The van der Waals surface area contributed by atoms with Crippen LogP contribution in [-0.4, -0.2) is 34.7 Å². The first kappa shape index (κ1) is 16.1. The van der Waals surface area contributed by atoms with Gasteiger partial charge in [0.25, 0.3) is 0 Å². The van der Waals surface area contributed by atoms with Gasteiger partial charge >= 0.3 is 5.97 Å². The maximum Gasteiger partial charge on any atom is 0.320 e. The molecule has 0 aromatic heterocycles. The molecule has 0 saturated heterocycles. The van der Waals surface area contributed by atoms with Crippen molar-refractivity contribution in [2.75, 3.05) is 11.8 Å². The summed E-state index contributed by atoms with van der Waals surface area (Å²) >= 11 is 10.0. The van der Waals surface area contributed by atoms with E-state index in [2.05, 4.69) is 0 Å². The van der Waals surface area contributed by atoms with Crippen molar-refractivity contribution in [2.24, 2.45) is 11.7 Å². The molecule has 0 aromatic carbocycles. The Morgan fingerprint density at radius 1 is 1.29 bits per heavy atom. The molecule has 0 aliphatic carbocycles. The first-order valence-electron chi connectivity index (χ1n) is 3.98. The number of aliphatic carboxylic acids is 1. The normalized spacial score (nSPS) is 11.6. The Hall–Kier alpha value is -0.320. The van der Waals surface area contributed by atoms with Crippen molar-refractivity contribution in [1.82, 2.24) is 0 Å². The molecule has 6 heteroatoms. The van der Waals surface area contributed by atoms with Crippen LogP contribution in [0.4, 0.5) is 0 Å². The predicted octanol–water partition coefficient (Wildman–Crippen LogP) is 1.09. The van der Waals surface area contributed by atoms with Crippen LogP contribution in [0, 0.1) is 5.92 Å². The van der Waals surface area contributed by atoms with Crippen LogP contribution in [0.3, 0.4) is 0 Å². The van der Waals surface area contributed by atoms with Gasteiger partial charge in [-0.25, -0.2) is 0 Å². The largest absolute Gasteiger partial charge is 0.480 e. The van der Waals surface area contributed by atoms with Crippen molar-refractivity contribution in [3.8, 4) is 0 Å². The summed E-state index contributed by atoms with van der Waals surface area (Å²) < 4.78 is 0. The van der Waals surface area contributed by atoms with E-state index in [9.17, 15) is 9.59 Å². The van der Waals surface area contributed by atoms with E-state index in [4.69, 9.17) is 34.0 Å². The third-order valence-electron chi connectivity index (χ3n) is 1.30. The van der Waals surface area contributed by atoms with E-state index in [1.807, 2.05) is 0 Å². The van der Waals surface area contributed by atoms with Gasteiger partial charge in [-0.05, 0) is 5.92 Å². The molecule has 4 nitrogen and oxygen atoms in total. The van der Waals surface area contributed by atoms with Crippen LogP contribution in [-0.2, 0) is 9.59 Å². The highest BCUT2D eigenvalue weighted by atomic mass is 35.5. The second-order valence-electron chi connectivity index (χ2n) is 2.91. The molecular formula is C8H15Cl2NO3. The highest BCUT2D eigenvalue weighted by molar-refractivity contribution is 6.35. The first-order chi connectivity index (χ1) is 6.36. The number of nitrogens with two attached hydrogens (primary N) is 1. The Labute approximate surface area is 93.4 Å². The van der Waals surface area contributed by atoms with E-state index < -0.39 is 12.0 Å². The first-order valence-corrected chi connectivity index (χ1v) is 5.05. The molecule has 14 heavy (non-hydrogen) atoms. The summed E-state index contributed by atoms with van der Waals surface area (Å²) in [7, 11) is 0. The molecule has 0 saturated carbocycles. The maximum absolute atomic E-state index is 10.0. The molecule has 0 amide bonds. The van der Waals surface area contributed by atoms with E-state index in [1.165, 1.54) is 0 Å². The fraction of sp³-hybridized carbons (Fsp3) is 0.750. The van der Waals surface area contributed by atoms with Crippen LogP contribution in [0.1, 0.15) is 13.8 Å². The quantitative estimate of drug-likeness (QED) is 0.725. The number of carboxylic acids is 1. The molecule has 0 fully saturated rings. The third-order valence-corrected chi connectivity index (χ3v) is 1.90. The zero-order valence-electron chi connectivity index (χ0n) is 8.17. The van der Waals surface area contributed by atoms with Gasteiger partial charge in [0.1, 0.15) is 6.04 Å². The number of carboxylic acid groups (broad SMARTS) is 1. The Balaban J connectivity index is 0. The zero-order chi connectivity index (χ0) is 11.7. The predicted molar refractivity (Wildman–Crippen MR) is 56.9 cm³/mol. The highest BCUT2D eigenvalue weighted by Crippen LogP contribution is 1.96. The second kappa shape index (κ2) is 9.24. The Morgan fingerprint density at radius 2 is 1.64 bits per heavy atom. The number of rotatable bonds is 4. The van der Waals surface area contributed by atoms with Crippen LogP contribution in [0.25, 0.3) is 0 Å². The minimum atomic E-state index is -0.931. The van der Waals surface area contributed by atoms with E-state index in [1.54, 1.807) is 13.8 Å². The van der Waals surface area contributed by atoms with Gasteiger partial charge in [-0.3, -0.25) is 9.59 Å². The molecule has 1 atom stereocenters. The summed E-state index contributed by atoms with van der Waals surface area (Å²) in [6.45, 7) is 3.55. The maximum atomic E-state index is 10.0. The lowest BCUT2D eigenvalue weighted by atomic mass is 10.1. The van der Waals surface area contributed by atoms with Crippen molar-refractivity contribution in [2.45, 2.75) is 19.9 Å². The summed E-state index contributed by atoms with van der Waals surface area (Å²) in [4.78, 5) is 19.9. The Morgan fingerprint density at radius 3 is 1.64 bits per heavy atom. The molecule has 0 bridgehead atoms. The molecule has 0 aliphatic rings.